The lowest BCUT2D eigenvalue weighted by atomic mass is 10.0. The van der Waals surface area contributed by atoms with E-state index in [-0.39, 0.29) is 11.6 Å². The molecule has 9 heteroatoms. The number of benzene rings is 3. The van der Waals surface area contributed by atoms with Crippen LogP contribution in [-0.2, 0) is 0 Å². The molecule has 9 nitrogen and oxygen atoms in total. The summed E-state index contributed by atoms with van der Waals surface area (Å²) in [6.45, 7) is 0. The first-order chi connectivity index (χ1) is 15.5. The van der Waals surface area contributed by atoms with Crippen molar-refractivity contribution in [3.05, 3.63) is 81.9 Å². The van der Waals surface area contributed by atoms with E-state index in [1.165, 1.54) is 13.2 Å². The molecule has 1 aliphatic rings. The van der Waals surface area contributed by atoms with Crippen molar-refractivity contribution in [2.24, 2.45) is 0 Å². The van der Waals surface area contributed by atoms with Crippen molar-refractivity contribution in [2.75, 3.05) is 36.8 Å². The van der Waals surface area contributed by atoms with Gasteiger partial charge in [-0.3, -0.25) is 19.8 Å². The van der Waals surface area contributed by atoms with Crippen LogP contribution in [0.3, 0.4) is 0 Å². The lowest BCUT2D eigenvalue weighted by Gasteiger charge is -2.38. The standard InChI is InChI=1S/C23H22N4O5/c1-24-18-10-8-14(12-20(18)27(29)30)22-25-17-7-5-4-6-16(17)23(28)26(22)19-11-9-15(31-2)13-21(19)32-3/h4-13,22,24-25H,1-3H3. The zero-order chi connectivity index (χ0) is 22.8. The number of carbonyl (C=O) groups excluding carboxylic acids is 1. The summed E-state index contributed by atoms with van der Waals surface area (Å²) in [6, 6.07) is 17.1. The van der Waals surface area contributed by atoms with Gasteiger partial charge in [-0.25, -0.2) is 0 Å². The number of nitrogens with zero attached hydrogens (tertiary/aromatic N) is 2. The highest BCUT2D eigenvalue weighted by molar-refractivity contribution is 6.12. The van der Waals surface area contributed by atoms with Gasteiger partial charge in [0.2, 0.25) is 0 Å². The molecule has 2 N–H and O–H groups in total. The average molecular weight is 434 g/mol. The van der Waals surface area contributed by atoms with Crippen molar-refractivity contribution in [1.29, 1.82) is 0 Å². The first-order valence-electron chi connectivity index (χ1n) is 9.85. The SMILES string of the molecule is CNc1ccc(C2Nc3ccccc3C(=O)N2c2ccc(OC)cc2OC)cc1[N+](=O)[O-]. The molecule has 0 aromatic heterocycles. The van der Waals surface area contributed by atoms with Gasteiger partial charge in [-0.05, 0) is 30.3 Å². The van der Waals surface area contributed by atoms with Crippen LogP contribution in [-0.4, -0.2) is 32.1 Å². The highest BCUT2D eigenvalue weighted by Crippen LogP contribution is 2.42. The van der Waals surface area contributed by atoms with E-state index in [0.717, 1.165) is 0 Å². The van der Waals surface area contributed by atoms with Crippen LogP contribution in [0.5, 0.6) is 11.5 Å². The number of fused-ring (bicyclic) bond motifs is 1. The van der Waals surface area contributed by atoms with Crippen LogP contribution in [0.4, 0.5) is 22.7 Å². The summed E-state index contributed by atoms with van der Waals surface area (Å²) in [4.78, 5) is 26.3. The highest BCUT2D eigenvalue weighted by atomic mass is 16.6. The first-order valence-corrected chi connectivity index (χ1v) is 9.85. The van der Waals surface area contributed by atoms with E-state index in [1.54, 1.807) is 67.6 Å². The van der Waals surface area contributed by atoms with Crippen LogP contribution in [0.15, 0.2) is 60.7 Å². The molecule has 0 aliphatic carbocycles. The number of nitro groups is 1. The van der Waals surface area contributed by atoms with E-state index < -0.39 is 11.1 Å². The van der Waals surface area contributed by atoms with Crippen molar-refractivity contribution in [1.82, 2.24) is 0 Å². The number of ether oxygens (including phenoxy) is 2. The third kappa shape index (κ3) is 3.53. The van der Waals surface area contributed by atoms with Gasteiger partial charge in [0, 0.05) is 30.4 Å². The maximum absolute atomic E-state index is 13.6. The molecule has 1 heterocycles. The van der Waals surface area contributed by atoms with Crippen LogP contribution in [0.2, 0.25) is 0 Å². The van der Waals surface area contributed by atoms with Gasteiger partial charge in [0.15, 0.2) is 0 Å². The van der Waals surface area contributed by atoms with Crippen molar-refractivity contribution < 1.29 is 19.2 Å². The van der Waals surface area contributed by atoms with Crippen LogP contribution in [0.1, 0.15) is 22.1 Å². The summed E-state index contributed by atoms with van der Waals surface area (Å²) in [5, 5.41) is 17.8. The Morgan fingerprint density at radius 1 is 1.06 bits per heavy atom. The Kier molecular flexibility index (Phi) is 5.55. The van der Waals surface area contributed by atoms with E-state index in [1.807, 2.05) is 6.07 Å². The fraction of sp³-hybridized carbons (Fsp3) is 0.174. The zero-order valence-corrected chi connectivity index (χ0v) is 17.8. The smallest absolute Gasteiger partial charge is 0.292 e. The lowest BCUT2D eigenvalue weighted by Crippen LogP contribution is -2.43. The van der Waals surface area contributed by atoms with Gasteiger partial charge in [-0.15, -0.1) is 0 Å². The molecule has 0 saturated carbocycles. The van der Waals surface area contributed by atoms with Gasteiger partial charge in [0.1, 0.15) is 23.4 Å². The molecule has 0 radical (unpaired) electrons. The molecule has 0 saturated heterocycles. The summed E-state index contributed by atoms with van der Waals surface area (Å²) >= 11 is 0. The number of amides is 1. The van der Waals surface area contributed by atoms with E-state index >= 15 is 0 Å². The molecule has 3 aromatic carbocycles. The Bertz CT molecular complexity index is 1200. The predicted molar refractivity (Wildman–Crippen MR) is 122 cm³/mol. The molecule has 4 rings (SSSR count). The quantitative estimate of drug-likeness (QED) is 0.437. The molecule has 1 aliphatic heterocycles. The molecular formula is C23H22N4O5. The Labute approximate surface area is 184 Å². The summed E-state index contributed by atoms with van der Waals surface area (Å²) in [7, 11) is 4.67. The molecular weight excluding hydrogens is 412 g/mol. The van der Waals surface area contributed by atoms with Crippen molar-refractivity contribution in [3.8, 4) is 11.5 Å². The number of nitrogens with one attached hydrogen (secondary N) is 2. The number of para-hydroxylation sites is 1. The summed E-state index contributed by atoms with van der Waals surface area (Å²) in [5.74, 6) is 0.757. The van der Waals surface area contributed by atoms with E-state index in [4.69, 9.17) is 9.47 Å². The minimum Gasteiger partial charge on any atom is -0.497 e. The number of anilines is 3. The molecule has 1 unspecified atom stereocenters. The molecule has 0 spiro atoms. The topological polar surface area (TPSA) is 106 Å². The first kappa shape index (κ1) is 21.0. The minimum atomic E-state index is -0.704. The number of rotatable bonds is 6. The third-order valence-corrected chi connectivity index (χ3v) is 5.38. The maximum atomic E-state index is 13.6. The molecule has 0 bridgehead atoms. The molecule has 1 atom stereocenters. The third-order valence-electron chi connectivity index (χ3n) is 5.38. The van der Waals surface area contributed by atoms with E-state index in [9.17, 15) is 14.9 Å². The maximum Gasteiger partial charge on any atom is 0.292 e. The van der Waals surface area contributed by atoms with Crippen molar-refractivity contribution in [2.45, 2.75) is 6.17 Å². The van der Waals surface area contributed by atoms with Gasteiger partial charge in [0.25, 0.3) is 11.6 Å². The summed E-state index contributed by atoms with van der Waals surface area (Å²) in [6.07, 6.45) is -0.704. The number of carbonyl (C=O) groups is 1. The van der Waals surface area contributed by atoms with Crippen molar-refractivity contribution >= 4 is 28.7 Å². The largest absolute Gasteiger partial charge is 0.497 e. The fourth-order valence-corrected chi connectivity index (χ4v) is 3.80. The average Bonchev–Trinajstić information content (AvgIpc) is 2.83. The van der Waals surface area contributed by atoms with Crippen LogP contribution in [0.25, 0.3) is 0 Å². The fourth-order valence-electron chi connectivity index (χ4n) is 3.80. The monoisotopic (exact) mass is 434 g/mol. The second kappa shape index (κ2) is 8.46. The predicted octanol–water partition coefficient (Wildman–Crippen LogP) is 4.42. The normalized spacial score (nSPS) is 14.9. The zero-order valence-electron chi connectivity index (χ0n) is 17.8. The van der Waals surface area contributed by atoms with Crippen LogP contribution < -0.4 is 25.0 Å². The highest BCUT2D eigenvalue weighted by Gasteiger charge is 2.36. The Morgan fingerprint density at radius 2 is 1.84 bits per heavy atom. The second-order valence-electron chi connectivity index (χ2n) is 7.09. The van der Waals surface area contributed by atoms with Crippen molar-refractivity contribution in [3.63, 3.8) is 0 Å². The molecule has 1 amide bonds. The number of hydrogen-bond donors (Lipinski definition) is 2. The number of methoxy groups -OCH3 is 2. The van der Waals surface area contributed by atoms with Gasteiger partial charge in [-0.2, -0.15) is 0 Å². The minimum absolute atomic E-state index is 0.0836. The Balaban J connectivity index is 1.91. The molecule has 32 heavy (non-hydrogen) atoms. The second-order valence-corrected chi connectivity index (χ2v) is 7.09. The number of nitro benzene ring substituents is 1. The van der Waals surface area contributed by atoms with E-state index in [0.29, 0.717) is 39.7 Å². The van der Waals surface area contributed by atoms with Gasteiger partial charge < -0.3 is 20.1 Å². The van der Waals surface area contributed by atoms with Gasteiger partial charge in [-0.1, -0.05) is 18.2 Å². The summed E-state index contributed by atoms with van der Waals surface area (Å²) < 4.78 is 10.8. The molecule has 164 valence electrons. The van der Waals surface area contributed by atoms with E-state index in [2.05, 4.69) is 10.6 Å². The Morgan fingerprint density at radius 3 is 2.53 bits per heavy atom. The number of hydrogen-bond acceptors (Lipinski definition) is 7. The lowest BCUT2D eigenvalue weighted by molar-refractivity contribution is -0.384. The Hall–Kier alpha value is -4.27. The van der Waals surface area contributed by atoms with Gasteiger partial charge >= 0.3 is 0 Å². The van der Waals surface area contributed by atoms with Crippen LogP contribution >= 0.6 is 0 Å². The van der Waals surface area contributed by atoms with Gasteiger partial charge in [0.05, 0.1) is 30.4 Å². The molecule has 0 fully saturated rings. The molecule has 3 aromatic rings. The summed E-state index contributed by atoms with van der Waals surface area (Å²) in [5.41, 5.74) is 2.49. The van der Waals surface area contributed by atoms with Crippen LogP contribution in [0, 0.1) is 10.1 Å².